The number of piperidine rings is 1. The van der Waals surface area contributed by atoms with Crippen molar-refractivity contribution in [3.63, 3.8) is 0 Å². The summed E-state index contributed by atoms with van der Waals surface area (Å²) in [5.74, 6) is 0.127. The number of aryl methyl sites for hydroxylation is 1. The maximum atomic E-state index is 13.3. The molecule has 2 aliphatic heterocycles. The molecule has 0 saturated carbocycles. The van der Waals surface area contributed by atoms with E-state index in [-0.39, 0.29) is 17.4 Å². The number of carbonyl (C=O) groups excluding carboxylic acids is 1. The lowest BCUT2D eigenvalue weighted by Gasteiger charge is -2.50. The number of likely N-dealkylation sites (tertiary alicyclic amines) is 1. The first-order valence-electron chi connectivity index (χ1n) is 9.67. The van der Waals surface area contributed by atoms with Gasteiger partial charge in [-0.2, -0.15) is 0 Å². The van der Waals surface area contributed by atoms with Gasteiger partial charge in [0.25, 0.3) is 5.91 Å². The molecule has 1 aromatic heterocycles. The van der Waals surface area contributed by atoms with E-state index in [2.05, 4.69) is 6.07 Å². The van der Waals surface area contributed by atoms with Gasteiger partial charge < -0.3 is 18.9 Å². The number of hydrogen-bond donors (Lipinski definition) is 0. The largest absolute Gasteiger partial charge is 0.381 e. The van der Waals surface area contributed by atoms with E-state index in [4.69, 9.17) is 9.47 Å². The highest BCUT2D eigenvalue weighted by Crippen LogP contribution is 2.41. The van der Waals surface area contributed by atoms with Gasteiger partial charge in [0.1, 0.15) is 0 Å². The summed E-state index contributed by atoms with van der Waals surface area (Å²) in [6.45, 7) is 5.70. The second-order valence-corrected chi connectivity index (χ2v) is 7.65. The summed E-state index contributed by atoms with van der Waals surface area (Å²) in [5.41, 5.74) is 1.83. The van der Waals surface area contributed by atoms with Crippen LogP contribution in [0.5, 0.6) is 0 Å². The van der Waals surface area contributed by atoms with E-state index >= 15 is 0 Å². The van der Waals surface area contributed by atoms with Crippen molar-refractivity contribution in [3.8, 4) is 0 Å². The van der Waals surface area contributed by atoms with Gasteiger partial charge in [0.15, 0.2) is 0 Å². The number of hydrogen-bond acceptors (Lipinski definition) is 3. The molecule has 0 bridgehead atoms. The van der Waals surface area contributed by atoms with Crippen LogP contribution >= 0.6 is 0 Å². The van der Waals surface area contributed by atoms with Crippen molar-refractivity contribution < 1.29 is 14.3 Å². The molecule has 26 heavy (non-hydrogen) atoms. The zero-order valence-corrected chi connectivity index (χ0v) is 15.7. The average Bonchev–Trinajstić information content (AvgIpc) is 3.02. The summed E-state index contributed by atoms with van der Waals surface area (Å²) in [6.07, 6.45) is 5.17. The fraction of sp³-hybridized carbons (Fsp3) is 0.571. The molecule has 0 aliphatic carbocycles. The first-order chi connectivity index (χ1) is 12.6. The Balaban J connectivity index is 1.62. The van der Waals surface area contributed by atoms with E-state index in [0.29, 0.717) is 13.2 Å². The van der Waals surface area contributed by atoms with Crippen LogP contribution < -0.4 is 0 Å². The lowest BCUT2D eigenvalue weighted by Crippen LogP contribution is -2.58. The van der Waals surface area contributed by atoms with E-state index in [1.54, 1.807) is 0 Å². The molecule has 140 valence electrons. The van der Waals surface area contributed by atoms with Gasteiger partial charge >= 0.3 is 0 Å². The fourth-order valence-corrected chi connectivity index (χ4v) is 4.66. The highest BCUT2D eigenvalue weighted by molar-refractivity contribution is 6.07. The van der Waals surface area contributed by atoms with Crippen LogP contribution in [0.2, 0.25) is 0 Å². The molecule has 0 radical (unpaired) electrons. The lowest BCUT2D eigenvalue weighted by atomic mass is 9.73. The minimum atomic E-state index is -0.0627. The van der Waals surface area contributed by atoms with Crippen LogP contribution in [0, 0.1) is 5.41 Å². The monoisotopic (exact) mass is 356 g/mol. The average molecular weight is 356 g/mol. The molecule has 0 spiro atoms. The topological polar surface area (TPSA) is 43.7 Å². The number of ether oxygens (including phenoxy) is 2. The van der Waals surface area contributed by atoms with Gasteiger partial charge in [-0.25, -0.2) is 0 Å². The summed E-state index contributed by atoms with van der Waals surface area (Å²) in [7, 11) is 2.00. The normalized spacial score (nSPS) is 26.1. The number of para-hydroxylation sites is 1. The van der Waals surface area contributed by atoms with Crippen LogP contribution in [-0.4, -0.2) is 54.4 Å². The standard InChI is InChI=1S/C21H28N2O3/c1-3-25-15-21-10-6-12-26-19(21)9-11-23(14-21)20(24)17-13-22(2)18-8-5-4-7-16(17)18/h4-5,7-8,13,19H,3,6,9-12,14-15H2,1-2H3. The second-order valence-electron chi connectivity index (χ2n) is 7.65. The van der Waals surface area contributed by atoms with Crippen molar-refractivity contribution in [3.05, 3.63) is 36.0 Å². The number of benzene rings is 1. The van der Waals surface area contributed by atoms with Gasteiger partial charge in [0.05, 0.1) is 18.3 Å². The van der Waals surface area contributed by atoms with Gasteiger partial charge in [-0.3, -0.25) is 4.79 Å². The molecule has 2 aliphatic rings. The molecule has 4 rings (SSSR count). The number of carbonyl (C=O) groups is 1. The maximum Gasteiger partial charge on any atom is 0.256 e. The summed E-state index contributed by atoms with van der Waals surface area (Å²) in [5, 5.41) is 1.03. The van der Waals surface area contributed by atoms with Gasteiger partial charge in [0, 0.05) is 55.9 Å². The number of amides is 1. The van der Waals surface area contributed by atoms with Crippen molar-refractivity contribution in [1.82, 2.24) is 9.47 Å². The fourth-order valence-electron chi connectivity index (χ4n) is 4.66. The molecular formula is C21H28N2O3. The number of aromatic nitrogens is 1. The lowest BCUT2D eigenvalue weighted by molar-refractivity contribution is -0.146. The van der Waals surface area contributed by atoms with Crippen LogP contribution in [0.25, 0.3) is 10.9 Å². The summed E-state index contributed by atoms with van der Waals surface area (Å²) in [4.78, 5) is 15.4. The highest BCUT2D eigenvalue weighted by Gasteiger charge is 2.47. The molecule has 3 heterocycles. The molecule has 2 aromatic rings. The third-order valence-corrected chi connectivity index (χ3v) is 6.00. The molecular weight excluding hydrogens is 328 g/mol. The molecule has 2 fully saturated rings. The van der Waals surface area contributed by atoms with Crippen molar-refractivity contribution in [2.45, 2.75) is 32.3 Å². The van der Waals surface area contributed by atoms with Gasteiger partial charge in [-0.1, -0.05) is 18.2 Å². The van der Waals surface area contributed by atoms with Gasteiger partial charge in [0.2, 0.25) is 0 Å². The van der Waals surface area contributed by atoms with Crippen LogP contribution in [0.4, 0.5) is 0 Å². The summed E-state index contributed by atoms with van der Waals surface area (Å²) < 4.78 is 13.9. The van der Waals surface area contributed by atoms with E-state index in [1.807, 2.05) is 47.8 Å². The van der Waals surface area contributed by atoms with Crippen molar-refractivity contribution in [2.24, 2.45) is 12.5 Å². The summed E-state index contributed by atoms with van der Waals surface area (Å²) in [6, 6.07) is 8.11. The Morgan fingerprint density at radius 1 is 1.38 bits per heavy atom. The zero-order chi connectivity index (χ0) is 18.1. The minimum absolute atomic E-state index is 0.0627. The third-order valence-electron chi connectivity index (χ3n) is 6.00. The smallest absolute Gasteiger partial charge is 0.256 e. The van der Waals surface area contributed by atoms with E-state index in [9.17, 15) is 4.79 Å². The summed E-state index contributed by atoms with van der Waals surface area (Å²) >= 11 is 0. The molecule has 1 aromatic carbocycles. The number of rotatable bonds is 4. The SMILES string of the molecule is CCOCC12CCCOC1CCN(C(=O)c1cn(C)c3ccccc13)C2. The van der Waals surface area contributed by atoms with E-state index in [1.165, 1.54) is 0 Å². The number of fused-ring (bicyclic) bond motifs is 2. The highest BCUT2D eigenvalue weighted by atomic mass is 16.5. The predicted molar refractivity (Wildman–Crippen MR) is 101 cm³/mol. The maximum absolute atomic E-state index is 13.3. The van der Waals surface area contributed by atoms with E-state index in [0.717, 1.165) is 55.4 Å². The van der Waals surface area contributed by atoms with Crippen LogP contribution in [0.1, 0.15) is 36.5 Å². The van der Waals surface area contributed by atoms with Gasteiger partial charge in [-0.05, 0) is 32.3 Å². The number of nitrogens with zero attached hydrogens (tertiary/aromatic N) is 2. The molecule has 5 nitrogen and oxygen atoms in total. The van der Waals surface area contributed by atoms with Crippen LogP contribution in [0.15, 0.2) is 30.5 Å². The van der Waals surface area contributed by atoms with Crippen LogP contribution in [-0.2, 0) is 16.5 Å². The Morgan fingerprint density at radius 2 is 2.23 bits per heavy atom. The Bertz CT molecular complexity index is 800. The molecule has 1 amide bonds. The van der Waals surface area contributed by atoms with Gasteiger partial charge in [-0.15, -0.1) is 0 Å². The molecule has 5 heteroatoms. The Morgan fingerprint density at radius 3 is 3.08 bits per heavy atom. The molecule has 2 atom stereocenters. The van der Waals surface area contributed by atoms with Crippen molar-refractivity contribution in [1.29, 1.82) is 0 Å². The molecule has 2 unspecified atom stereocenters. The Hall–Kier alpha value is -1.85. The Kier molecular flexibility index (Phi) is 4.76. The second kappa shape index (κ2) is 7.05. The first kappa shape index (κ1) is 17.6. The molecule has 2 saturated heterocycles. The predicted octanol–water partition coefficient (Wildman–Crippen LogP) is 3.23. The van der Waals surface area contributed by atoms with Crippen molar-refractivity contribution in [2.75, 3.05) is 32.9 Å². The minimum Gasteiger partial charge on any atom is -0.381 e. The molecule has 0 N–H and O–H groups in total. The van der Waals surface area contributed by atoms with Crippen LogP contribution in [0.3, 0.4) is 0 Å². The van der Waals surface area contributed by atoms with E-state index < -0.39 is 0 Å². The van der Waals surface area contributed by atoms with Crippen molar-refractivity contribution >= 4 is 16.8 Å². The third kappa shape index (κ3) is 2.93. The Labute approximate surface area is 154 Å². The first-order valence-corrected chi connectivity index (χ1v) is 9.67. The quantitative estimate of drug-likeness (QED) is 0.845. The zero-order valence-electron chi connectivity index (χ0n) is 15.7.